The summed E-state index contributed by atoms with van der Waals surface area (Å²) in [5.74, 6) is 0.343. The molecule has 0 bridgehead atoms. The number of nitrogens with zero attached hydrogens (tertiary/aromatic N) is 1. The molecule has 5 heteroatoms. The third-order valence-corrected chi connectivity index (χ3v) is 3.07. The summed E-state index contributed by atoms with van der Waals surface area (Å²) < 4.78 is 5.38. The molecular weight excluding hydrogens is 278 g/mol. The molecule has 0 aromatic heterocycles. The van der Waals surface area contributed by atoms with Crippen molar-refractivity contribution in [2.75, 3.05) is 12.3 Å². The maximum absolute atomic E-state index is 11.7. The van der Waals surface area contributed by atoms with Crippen molar-refractivity contribution in [3.63, 3.8) is 0 Å². The summed E-state index contributed by atoms with van der Waals surface area (Å²) in [5, 5.41) is 4.05. The van der Waals surface area contributed by atoms with Gasteiger partial charge >= 0.3 is 0 Å². The van der Waals surface area contributed by atoms with Gasteiger partial charge in [0.25, 0.3) is 5.91 Å². The lowest BCUT2D eigenvalue weighted by atomic mass is 10.1. The monoisotopic (exact) mass is 297 g/mol. The molecule has 2 rings (SSSR count). The minimum absolute atomic E-state index is 0.0818. The van der Waals surface area contributed by atoms with Gasteiger partial charge in [-0.1, -0.05) is 29.8 Å². The lowest BCUT2D eigenvalue weighted by molar-refractivity contribution is -0.123. The Hall–Kier alpha value is -2.82. The number of nitrogens with two attached hydrogens (primary N) is 1. The Kier molecular flexibility index (Phi) is 5.14. The molecule has 1 amide bonds. The van der Waals surface area contributed by atoms with Gasteiger partial charge in [-0.05, 0) is 43.7 Å². The Balaban J connectivity index is 1.85. The fraction of sp³-hybridized carbons (Fsp3) is 0.176. The Morgan fingerprint density at radius 3 is 2.41 bits per heavy atom. The first-order valence-corrected chi connectivity index (χ1v) is 6.93. The van der Waals surface area contributed by atoms with Gasteiger partial charge in [-0.15, -0.1) is 0 Å². The average Bonchev–Trinajstić information content (AvgIpc) is 2.52. The molecule has 5 nitrogen and oxygen atoms in total. The van der Waals surface area contributed by atoms with Crippen LogP contribution in [0.1, 0.15) is 18.1 Å². The number of carbonyl (C=O) groups excluding carboxylic acids is 1. The van der Waals surface area contributed by atoms with Crippen molar-refractivity contribution in [2.24, 2.45) is 5.10 Å². The molecule has 0 unspecified atom stereocenters. The number of amides is 1. The topological polar surface area (TPSA) is 76.7 Å². The summed E-state index contributed by atoms with van der Waals surface area (Å²) in [6, 6.07) is 14.8. The second-order valence-electron chi connectivity index (χ2n) is 4.96. The van der Waals surface area contributed by atoms with E-state index in [2.05, 4.69) is 10.5 Å². The van der Waals surface area contributed by atoms with Crippen molar-refractivity contribution in [2.45, 2.75) is 13.8 Å². The fourth-order valence-corrected chi connectivity index (χ4v) is 1.75. The minimum Gasteiger partial charge on any atom is -0.484 e. The van der Waals surface area contributed by atoms with Crippen LogP contribution in [0.5, 0.6) is 5.75 Å². The molecule has 114 valence electrons. The number of aryl methyl sites for hydroxylation is 1. The number of anilines is 1. The highest BCUT2D eigenvalue weighted by atomic mass is 16.5. The lowest BCUT2D eigenvalue weighted by Gasteiger charge is -2.06. The maximum atomic E-state index is 11.7. The fourth-order valence-electron chi connectivity index (χ4n) is 1.75. The van der Waals surface area contributed by atoms with Gasteiger partial charge in [-0.25, -0.2) is 5.43 Å². The van der Waals surface area contributed by atoms with Gasteiger partial charge in [0, 0.05) is 5.69 Å². The standard InChI is InChI=1S/C17H19N3O2/c1-12-3-9-16(10-4-12)22-11-17(21)20-19-13(2)14-5-7-15(18)8-6-14/h3-10H,11,18H2,1-2H3,(H,20,21). The van der Waals surface area contributed by atoms with Crippen LogP contribution >= 0.6 is 0 Å². The predicted octanol–water partition coefficient (Wildman–Crippen LogP) is 2.50. The van der Waals surface area contributed by atoms with Gasteiger partial charge in [0.2, 0.25) is 0 Å². The van der Waals surface area contributed by atoms with Crippen molar-refractivity contribution in [1.82, 2.24) is 5.43 Å². The van der Waals surface area contributed by atoms with E-state index in [1.54, 1.807) is 12.1 Å². The van der Waals surface area contributed by atoms with E-state index in [4.69, 9.17) is 10.5 Å². The molecule has 3 N–H and O–H groups in total. The molecule has 0 heterocycles. The zero-order chi connectivity index (χ0) is 15.9. The number of carbonyl (C=O) groups is 1. The minimum atomic E-state index is -0.310. The summed E-state index contributed by atoms with van der Waals surface area (Å²) in [5.41, 5.74) is 11.5. The van der Waals surface area contributed by atoms with E-state index < -0.39 is 0 Å². The number of benzene rings is 2. The number of hydrogen-bond donors (Lipinski definition) is 2. The maximum Gasteiger partial charge on any atom is 0.277 e. The number of hydrazone groups is 1. The van der Waals surface area contributed by atoms with Gasteiger partial charge in [-0.2, -0.15) is 5.10 Å². The highest BCUT2D eigenvalue weighted by Gasteiger charge is 2.03. The van der Waals surface area contributed by atoms with E-state index in [1.165, 1.54) is 0 Å². The van der Waals surface area contributed by atoms with E-state index in [-0.39, 0.29) is 12.5 Å². The molecule has 2 aromatic carbocycles. The Bertz CT molecular complexity index is 661. The highest BCUT2D eigenvalue weighted by molar-refractivity contribution is 5.99. The number of hydrogen-bond acceptors (Lipinski definition) is 4. The van der Waals surface area contributed by atoms with E-state index in [9.17, 15) is 4.79 Å². The first kappa shape index (κ1) is 15.6. The normalized spacial score (nSPS) is 11.1. The number of nitrogens with one attached hydrogen (secondary N) is 1. The summed E-state index contributed by atoms with van der Waals surface area (Å²) in [7, 11) is 0. The Morgan fingerprint density at radius 2 is 1.77 bits per heavy atom. The molecule has 2 aromatic rings. The summed E-state index contributed by atoms with van der Waals surface area (Å²) in [4.78, 5) is 11.7. The van der Waals surface area contributed by atoms with Crippen molar-refractivity contribution in [1.29, 1.82) is 0 Å². The molecule has 0 radical (unpaired) electrons. The third kappa shape index (κ3) is 4.63. The van der Waals surface area contributed by atoms with Crippen LogP contribution in [-0.4, -0.2) is 18.2 Å². The summed E-state index contributed by atoms with van der Waals surface area (Å²) >= 11 is 0. The van der Waals surface area contributed by atoms with Gasteiger partial charge < -0.3 is 10.5 Å². The van der Waals surface area contributed by atoms with E-state index in [0.717, 1.165) is 11.1 Å². The first-order valence-electron chi connectivity index (χ1n) is 6.93. The van der Waals surface area contributed by atoms with Crippen molar-refractivity contribution >= 4 is 17.3 Å². The summed E-state index contributed by atoms with van der Waals surface area (Å²) in [6.07, 6.45) is 0. The average molecular weight is 297 g/mol. The number of rotatable bonds is 5. The van der Waals surface area contributed by atoms with Crippen molar-refractivity contribution in [3.05, 3.63) is 59.7 Å². The Morgan fingerprint density at radius 1 is 1.14 bits per heavy atom. The smallest absolute Gasteiger partial charge is 0.277 e. The van der Waals surface area contributed by atoms with Crippen LogP contribution in [0.15, 0.2) is 53.6 Å². The lowest BCUT2D eigenvalue weighted by Crippen LogP contribution is -2.25. The third-order valence-electron chi connectivity index (χ3n) is 3.07. The number of nitrogen functional groups attached to an aromatic ring is 1. The Labute approximate surface area is 129 Å². The van der Waals surface area contributed by atoms with Gasteiger partial charge in [0.1, 0.15) is 5.75 Å². The molecule has 22 heavy (non-hydrogen) atoms. The van der Waals surface area contributed by atoms with Crippen LogP contribution in [0.2, 0.25) is 0 Å². The molecule has 0 aliphatic carbocycles. The molecule has 0 saturated carbocycles. The second-order valence-corrected chi connectivity index (χ2v) is 4.96. The van der Waals surface area contributed by atoms with Gasteiger partial charge in [-0.3, -0.25) is 4.79 Å². The van der Waals surface area contributed by atoms with Crippen molar-refractivity contribution < 1.29 is 9.53 Å². The van der Waals surface area contributed by atoms with Gasteiger partial charge in [0.05, 0.1) is 5.71 Å². The quantitative estimate of drug-likeness (QED) is 0.506. The van der Waals surface area contributed by atoms with Crippen molar-refractivity contribution in [3.8, 4) is 5.75 Å². The van der Waals surface area contributed by atoms with Crippen LogP contribution in [0, 0.1) is 6.92 Å². The molecule has 0 aliphatic rings. The largest absolute Gasteiger partial charge is 0.484 e. The zero-order valence-electron chi connectivity index (χ0n) is 12.7. The van der Waals surface area contributed by atoms with E-state index in [0.29, 0.717) is 17.1 Å². The molecule has 0 aliphatic heterocycles. The molecular formula is C17H19N3O2. The van der Waals surface area contributed by atoms with Crippen LogP contribution in [0.3, 0.4) is 0 Å². The van der Waals surface area contributed by atoms with Crippen LogP contribution in [0.4, 0.5) is 5.69 Å². The molecule has 0 atom stereocenters. The highest BCUT2D eigenvalue weighted by Crippen LogP contribution is 2.11. The number of ether oxygens (including phenoxy) is 1. The van der Waals surface area contributed by atoms with E-state index in [1.807, 2.05) is 50.2 Å². The molecule has 0 spiro atoms. The SMILES string of the molecule is CC(=NNC(=O)COc1ccc(C)cc1)c1ccc(N)cc1. The zero-order valence-corrected chi connectivity index (χ0v) is 12.7. The van der Waals surface area contributed by atoms with Gasteiger partial charge in [0.15, 0.2) is 6.61 Å². The van der Waals surface area contributed by atoms with E-state index >= 15 is 0 Å². The van der Waals surface area contributed by atoms with Crippen LogP contribution in [-0.2, 0) is 4.79 Å². The summed E-state index contributed by atoms with van der Waals surface area (Å²) in [6.45, 7) is 3.72. The van der Waals surface area contributed by atoms with Crippen LogP contribution < -0.4 is 15.9 Å². The predicted molar refractivity (Wildman–Crippen MR) is 87.9 cm³/mol. The molecule has 0 saturated heterocycles. The molecule has 0 fully saturated rings. The first-order chi connectivity index (χ1) is 10.5. The second kappa shape index (κ2) is 7.26. The van der Waals surface area contributed by atoms with Crippen LogP contribution in [0.25, 0.3) is 0 Å².